The molecule has 0 amide bonds. The Kier molecular flexibility index (Phi) is 3.87. The van der Waals surface area contributed by atoms with Crippen LogP contribution in [0.15, 0.2) is 60.8 Å². The lowest BCUT2D eigenvalue weighted by Gasteiger charge is -2.32. The minimum absolute atomic E-state index is 0.120. The Morgan fingerprint density at radius 3 is 1.97 bits per heavy atom. The first-order valence-corrected chi connectivity index (χ1v) is 11.4. The molecule has 1 aliphatic heterocycles. The molecule has 0 N–H and O–H groups in total. The highest BCUT2D eigenvalue weighted by molar-refractivity contribution is 6.62. The summed E-state index contributed by atoms with van der Waals surface area (Å²) in [4.78, 5) is 4.60. The molecular weight excluding hydrogens is 393 g/mol. The fraction of sp³-hybridized carbons (Fsp3) is 0.321. The number of nitrogens with zero attached hydrogens (tertiary/aromatic N) is 1. The smallest absolute Gasteiger partial charge is 0.399 e. The summed E-state index contributed by atoms with van der Waals surface area (Å²) in [6.45, 7) is 13.1. The number of aromatic nitrogens is 1. The van der Waals surface area contributed by atoms with Gasteiger partial charge in [0, 0.05) is 17.2 Å². The highest BCUT2D eigenvalue weighted by Gasteiger charge is 2.52. The van der Waals surface area contributed by atoms with Crippen LogP contribution in [0.2, 0.25) is 0 Å². The van der Waals surface area contributed by atoms with Crippen LogP contribution < -0.4 is 5.46 Å². The average Bonchev–Trinajstić information content (AvgIpc) is 3.13. The lowest BCUT2D eigenvalue weighted by molar-refractivity contribution is 0.00578. The van der Waals surface area contributed by atoms with Crippen molar-refractivity contribution >= 4 is 34.1 Å². The standard InChI is InChI=1S/C28H28BNO2/c1-26(2)21-15-19(23-9-7-8-12-30-23)13-17-10-11-18-14-20(16-22(26)25(18)24(17)21)29-31-27(3,4)28(5,6)32-29/h7-16H,1-6H3. The molecule has 0 atom stereocenters. The second kappa shape index (κ2) is 6.21. The van der Waals surface area contributed by atoms with E-state index in [1.165, 1.54) is 38.2 Å². The fourth-order valence-corrected chi connectivity index (χ4v) is 5.28. The van der Waals surface area contributed by atoms with Crippen molar-refractivity contribution in [2.45, 2.75) is 58.2 Å². The van der Waals surface area contributed by atoms with Crippen LogP contribution in [0.5, 0.6) is 0 Å². The summed E-state index contributed by atoms with van der Waals surface area (Å²) in [5, 5.41) is 5.24. The minimum atomic E-state index is -0.361. The van der Waals surface area contributed by atoms with Gasteiger partial charge in [-0.05, 0) is 90.1 Å². The van der Waals surface area contributed by atoms with Crippen LogP contribution in [0, 0.1) is 0 Å². The van der Waals surface area contributed by atoms with Crippen LogP contribution in [0.1, 0.15) is 52.7 Å². The summed E-state index contributed by atoms with van der Waals surface area (Å²) in [6.07, 6.45) is 1.86. The molecule has 0 spiro atoms. The third-order valence-electron chi connectivity index (χ3n) is 7.89. The zero-order chi connectivity index (χ0) is 22.5. The fourth-order valence-electron chi connectivity index (χ4n) is 5.28. The van der Waals surface area contributed by atoms with Gasteiger partial charge in [0.05, 0.1) is 16.9 Å². The molecule has 32 heavy (non-hydrogen) atoms. The van der Waals surface area contributed by atoms with Crippen molar-refractivity contribution in [1.29, 1.82) is 0 Å². The summed E-state index contributed by atoms with van der Waals surface area (Å²) in [6, 6.07) is 19.7. The van der Waals surface area contributed by atoms with E-state index in [2.05, 4.69) is 89.0 Å². The second-order valence-corrected chi connectivity index (χ2v) is 10.8. The Morgan fingerprint density at radius 1 is 0.719 bits per heavy atom. The van der Waals surface area contributed by atoms with Crippen LogP contribution in [0.25, 0.3) is 32.8 Å². The molecule has 2 heterocycles. The van der Waals surface area contributed by atoms with Crippen LogP contribution in [-0.4, -0.2) is 23.3 Å². The number of pyridine rings is 1. The monoisotopic (exact) mass is 421 g/mol. The van der Waals surface area contributed by atoms with Crippen LogP contribution in [-0.2, 0) is 14.7 Å². The highest BCUT2D eigenvalue weighted by atomic mass is 16.7. The van der Waals surface area contributed by atoms with Gasteiger partial charge in [0.2, 0.25) is 0 Å². The molecule has 4 heteroatoms. The second-order valence-electron chi connectivity index (χ2n) is 10.8. The number of hydrogen-bond acceptors (Lipinski definition) is 3. The molecular formula is C28H28BNO2. The molecule has 0 unspecified atom stereocenters. The van der Waals surface area contributed by atoms with Crippen molar-refractivity contribution in [3.63, 3.8) is 0 Å². The summed E-state index contributed by atoms with van der Waals surface area (Å²) in [5.41, 5.74) is 5.15. The molecule has 1 aliphatic carbocycles. The topological polar surface area (TPSA) is 31.4 Å². The van der Waals surface area contributed by atoms with Gasteiger partial charge in [0.25, 0.3) is 0 Å². The third kappa shape index (κ3) is 2.60. The Morgan fingerprint density at radius 2 is 1.34 bits per heavy atom. The van der Waals surface area contributed by atoms with Crippen molar-refractivity contribution < 1.29 is 9.31 Å². The van der Waals surface area contributed by atoms with E-state index in [1.54, 1.807) is 0 Å². The first-order valence-electron chi connectivity index (χ1n) is 11.4. The Labute approximate surface area is 189 Å². The van der Waals surface area contributed by atoms with Gasteiger partial charge in [-0.25, -0.2) is 0 Å². The lowest BCUT2D eigenvalue weighted by atomic mass is 9.74. The van der Waals surface area contributed by atoms with Crippen molar-refractivity contribution in [2.24, 2.45) is 0 Å². The maximum atomic E-state index is 6.39. The Balaban J connectivity index is 1.55. The molecule has 0 radical (unpaired) electrons. The van der Waals surface area contributed by atoms with Gasteiger partial charge in [-0.15, -0.1) is 0 Å². The van der Waals surface area contributed by atoms with Gasteiger partial charge >= 0.3 is 7.12 Å². The van der Waals surface area contributed by atoms with Crippen LogP contribution in [0.3, 0.4) is 0 Å². The third-order valence-corrected chi connectivity index (χ3v) is 7.89. The molecule has 4 aromatic rings. The normalized spacial score (nSPS) is 20.0. The first kappa shape index (κ1) is 20.0. The van der Waals surface area contributed by atoms with Gasteiger partial charge in [0.1, 0.15) is 0 Å². The molecule has 1 aromatic heterocycles. The zero-order valence-electron chi connectivity index (χ0n) is 19.6. The molecule has 6 rings (SSSR count). The molecule has 0 saturated carbocycles. The van der Waals surface area contributed by atoms with E-state index in [9.17, 15) is 0 Å². The molecule has 3 nitrogen and oxygen atoms in total. The Hall–Kier alpha value is -2.69. The van der Waals surface area contributed by atoms with Gasteiger partial charge in [-0.1, -0.05) is 44.2 Å². The summed E-state index contributed by atoms with van der Waals surface area (Å²) in [7, 11) is -0.361. The number of hydrogen-bond donors (Lipinski definition) is 0. The highest BCUT2D eigenvalue weighted by Crippen LogP contribution is 2.50. The van der Waals surface area contributed by atoms with Gasteiger partial charge in [0.15, 0.2) is 0 Å². The largest absolute Gasteiger partial charge is 0.494 e. The van der Waals surface area contributed by atoms with E-state index in [4.69, 9.17) is 9.31 Å². The molecule has 0 bridgehead atoms. The van der Waals surface area contributed by atoms with E-state index in [0.717, 1.165) is 11.2 Å². The SMILES string of the molecule is CC1(C)c2cc(B3OC(C)(C)C(C)(C)O3)cc3ccc4cc(-c5ccccn5)cc1c4c23. The maximum absolute atomic E-state index is 6.39. The number of benzene rings is 3. The first-order chi connectivity index (χ1) is 15.1. The molecule has 3 aromatic carbocycles. The molecule has 160 valence electrons. The van der Waals surface area contributed by atoms with Crippen molar-refractivity contribution in [3.8, 4) is 11.3 Å². The van der Waals surface area contributed by atoms with Gasteiger partial charge < -0.3 is 9.31 Å². The molecule has 1 saturated heterocycles. The summed E-state index contributed by atoms with van der Waals surface area (Å²) in [5.74, 6) is 0. The predicted molar refractivity (Wildman–Crippen MR) is 133 cm³/mol. The van der Waals surface area contributed by atoms with Crippen LogP contribution in [0.4, 0.5) is 0 Å². The Bertz CT molecular complexity index is 1390. The summed E-state index contributed by atoms with van der Waals surface area (Å²) >= 11 is 0. The van der Waals surface area contributed by atoms with E-state index < -0.39 is 0 Å². The van der Waals surface area contributed by atoms with Gasteiger partial charge in [-0.3, -0.25) is 4.98 Å². The average molecular weight is 421 g/mol. The van der Waals surface area contributed by atoms with Crippen molar-refractivity contribution in [3.05, 3.63) is 71.9 Å². The number of rotatable bonds is 2. The van der Waals surface area contributed by atoms with E-state index in [-0.39, 0.29) is 23.7 Å². The van der Waals surface area contributed by atoms with E-state index in [1.807, 2.05) is 18.3 Å². The minimum Gasteiger partial charge on any atom is -0.399 e. The van der Waals surface area contributed by atoms with Crippen LogP contribution >= 0.6 is 0 Å². The summed E-state index contributed by atoms with van der Waals surface area (Å²) < 4.78 is 12.8. The lowest BCUT2D eigenvalue weighted by Crippen LogP contribution is -2.41. The predicted octanol–water partition coefficient (Wildman–Crippen LogP) is 5.99. The zero-order valence-corrected chi connectivity index (χ0v) is 19.6. The van der Waals surface area contributed by atoms with Gasteiger partial charge in [-0.2, -0.15) is 0 Å². The molecule has 2 aliphatic rings. The van der Waals surface area contributed by atoms with Crippen molar-refractivity contribution in [1.82, 2.24) is 4.98 Å². The molecule has 1 fully saturated rings. The maximum Gasteiger partial charge on any atom is 0.494 e. The van der Waals surface area contributed by atoms with E-state index in [0.29, 0.717) is 0 Å². The van der Waals surface area contributed by atoms with Crippen molar-refractivity contribution in [2.75, 3.05) is 0 Å². The quantitative estimate of drug-likeness (QED) is 0.294. The van der Waals surface area contributed by atoms with E-state index >= 15 is 0 Å².